The van der Waals surface area contributed by atoms with Crippen LogP contribution in [0.15, 0.2) is 91.1 Å². The Morgan fingerprint density at radius 1 is 0.839 bits per heavy atom. The number of hydrogen-bond donors (Lipinski definition) is 1. The van der Waals surface area contributed by atoms with Crippen molar-refractivity contribution in [2.75, 3.05) is 6.54 Å². The summed E-state index contributed by atoms with van der Waals surface area (Å²) >= 11 is 0. The molecule has 4 aromatic rings. The Morgan fingerprint density at radius 3 is 2.06 bits per heavy atom. The van der Waals surface area contributed by atoms with Crippen LogP contribution in [0.2, 0.25) is 0 Å². The van der Waals surface area contributed by atoms with Gasteiger partial charge in [-0.2, -0.15) is 4.68 Å². The second-order valence-corrected chi connectivity index (χ2v) is 7.71. The molecule has 0 saturated heterocycles. The lowest BCUT2D eigenvalue weighted by Gasteiger charge is -2.28. The minimum absolute atomic E-state index is 0.253. The lowest BCUT2D eigenvalue weighted by Crippen LogP contribution is -2.39. The number of aromatic nitrogens is 3. The third kappa shape index (κ3) is 3.41. The van der Waals surface area contributed by atoms with Crippen LogP contribution in [0.25, 0.3) is 0 Å². The monoisotopic (exact) mass is 410 g/mol. The summed E-state index contributed by atoms with van der Waals surface area (Å²) in [5, 5.41) is 20.1. The molecule has 0 fully saturated rings. The summed E-state index contributed by atoms with van der Waals surface area (Å²) in [5.41, 5.74) is 2.52. The highest BCUT2D eigenvalue weighted by Gasteiger charge is 2.37. The summed E-state index contributed by atoms with van der Waals surface area (Å²) in [5.74, 6) is 0. The molecule has 0 bridgehead atoms. The Labute approximate surface area is 180 Å². The molecule has 0 spiro atoms. The van der Waals surface area contributed by atoms with Crippen LogP contribution in [0.1, 0.15) is 27.9 Å². The van der Waals surface area contributed by atoms with Crippen molar-refractivity contribution in [2.24, 2.45) is 0 Å². The molecule has 1 N–H and O–H groups in total. The van der Waals surface area contributed by atoms with Crippen molar-refractivity contribution in [1.82, 2.24) is 19.9 Å². The first-order valence-corrected chi connectivity index (χ1v) is 10.3. The number of carbonyl (C=O) groups excluding carboxylic acids is 1. The van der Waals surface area contributed by atoms with Gasteiger partial charge < -0.3 is 10.0 Å². The third-order valence-electron chi connectivity index (χ3n) is 5.84. The van der Waals surface area contributed by atoms with Crippen LogP contribution < -0.4 is 0 Å². The summed E-state index contributed by atoms with van der Waals surface area (Å²) in [4.78, 5) is 14.9. The molecule has 0 atom stereocenters. The topological polar surface area (TPSA) is 71.2 Å². The van der Waals surface area contributed by atoms with Gasteiger partial charge in [-0.05, 0) is 28.7 Å². The molecule has 6 nitrogen and oxygen atoms in total. The second kappa shape index (κ2) is 7.81. The number of fused-ring (bicyclic) bond motifs is 1. The molecule has 1 aliphatic rings. The number of rotatable bonds is 3. The van der Waals surface area contributed by atoms with E-state index in [1.54, 1.807) is 4.90 Å². The van der Waals surface area contributed by atoms with Crippen LogP contribution in [0.3, 0.4) is 0 Å². The molecule has 5 rings (SSSR count). The maximum absolute atomic E-state index is 13.1. The second-order valence-electron chi connectivity index (χ2n) is 7.71. The van der Waals surface area contributed by atoms with Gasteiger partial charge in [0.25, 0.3) is 0 Å². The average molecular weight is 410 g/mol. The van der Waals surface area contributed by atoms with Gasteiger partial charge in [0.2, 0.25) is 0 Å². The van der Waals surface area contributed by atoms with E-state index in [1.807, 2.05) is 78.9 Å². The SMILES string of the molecule is O=C(N1CCc2ccccc2C1)n1cc(C(O)(c2ccccc2)c2ccccc2)nn1. The van der Waals surface area contributed by atoms with E-state index in [-0.39, 0.29) is 6.03 Å². The Hall–Kier alpha value is -3.77. The number of hydrogen-bond acceptors (Lipinski definition) is 4. The lowest BCUT2D eigenvalue weighted by molar-refractivity contribution is 0.120. The van der Waals surface area contributed by atoms with Crippen LogP contribution in [0, 0.1) is 0 Å². The molecule has 0 unspecified atom stereocenters. The van der Waals surface area contributed by atoms with Crippen LogP contribution in [-0.4, -0.2) is 37.6 Å². The Morgan fingerprint density at radius 2 is 1.42 bits per heavy atom. The van der Waals surface area contributed by atoms with Crippen LogP contribution in [-0.2, 0) is 18.6 Å². The first-order chi connectivity index (χ1) is 15.2. The predicted molar refractivity (Wildman–Crippen MR) is 116 cm³/mol. The zero-order valence-corrected chi connectivity index (χ0v) is 16.9. The summed E-state index contributed by atoms with van der Waals surface area (Å²) in [6, 6.07) is 26.5. The highest BCUT2D eigenvalue weighted by atomic mass is 16.3. The van der Waals surface area contributed by atoms with Gasteiger partial charge in [-0.25, -0.2) is 4.79 Å². The molecule has 154 valence electrons. The number of aliphatic hydroxyl groups is 1. The smallest absolute Gasteiger partial charge is 0.346 e. The summed E-state index contributed by atoms with van der Waals surface area (Å²) in [7, 11) is 0. The zero-order chi connectivity index (χ0) is 21.3. The number of nitrogens with zero attached hydrogens (tertiary/aromatic N) is 4. The van der Waals surface area contributed by atoms with Crippen LogP contribution in [0.5, 0.6) is 0 Å². The largest absolute Gasteiger partial charge is 0.374 e. The summed E-state index contributed by atoms with van der Waals surface area (Å²) in [6.45, 7) is 1.15. The molecular weight excluding hydrogens is 388 g/mol. The van der Waals surface area contributed by atoms with Gasteiger partial charge in [0, 0.05) is 13.1 Å². The highest BCUT2D eigenvalue weighted by Crippen LogP contribution is 2.35. The van der Waals surface area contributed by atoms with E-state index in [0.717, 1.165) is 12.0 Å². The standard InChI is InChI=1S/C25H22N4O2/c30-24(28-16-15-19-9-7-8-10-20(19)17-28)29-18-23(26-27-29)25(31,21-11-3-1-4-12-21)22-13-5-2-6-14-22/h1-14,18,31H,15-17H2. The lowest BCUT2D eigenvalue weighted by atomic mass is 9.84. The Bertz CT molecular complexity index is 1160. The van der Waals surface area contributed by atoms with Crippen LogP contribution >= 0.6 is 0 Å². The van der Waals surface area contributed by atoms with Gasteiger partial charge in [-0.1, -0.05) is 90.1 Å². The molecule has 3 aromatic carbocycles. The molecule has 1 aromatic heterocycles. The average Bonchev–Trinajstić information content (AvgIpc) is 3.35. The Kier molecular flexibility index (Phi) is 4.84. The van der Waals surface area contributed by atoms with E-state index in [9.17, 15) is 9.90 Å². The fraction of sp³-hybridized carbons (Fsp3) is 0.160. The van der Waals surface area contributed by atoms with E-state index < -0.39 is 5.60 Å². The zero-order valence-electron chi connectivity index (χ0n) is 16.9. The van der Waals surface area contributed by atoms with Crippen molar-refractivity contribution in [3.63, 3.8) is 0 Å². The maximum Gasteiger partial charge on any atom is 0.346 e. The minimum atomic E-state index is -1.52. The van der Waals surface area contributed by atoms with Gasteiger partial charge in [-0.15, -0.1) is 5.10 Å². The fourth-order valence-corrected chi connectivity index (χ4v) is 4.15. The van der Waals surface area contributed by atoms with Crippen molar-refractivity contribution in [3.05, 3.63) is 119 Å². The molecule has 2 heterocycles. The normalized spacial score (nSPS) is 13.6. The van der Waals surface area contributed by atoms with Gasteiger partial charge >= 0.3 is 6.03 Å². The van der Waals surface area contributed by atoms with E-state index in [0.29, 0.717) is 29.9 Å². The predicted octanol–water partition coefficient (Wildman–Crippen LogP) is 3.59. The molecular formula is C25H22N4O2. The van der Waals surface area contributed by atoms with E-state index in [1.165, 1.54) is 16.4 Å². The number of amides is 1. The highest BCUT2D eigenvalue weighted by molar-refractivity contribution is 5.76. The van der Waals surface area contributed by atoms with Crippen LogP contribution in [0.4, 0.5) is 4.79 Å². The molecule has 0 aliphatic carbocycles. The molecule has 0 saturated carbocycles. The molecule has 1 aliphatic heterocycles. The summed E-state index contributed by atoms with van der Waals surface area (Å²) < 4.78 is 1.22. The van der Waals surface area contributed by atoms with Gasteiger partial charge in [0.1, 0.15) is 5.69 Å². The first-order valence-electron chi connectivity index (χ1n) is 10.3. The van der Waals surface area contributed by atoms with Crippen molar-refractivity contribution in [1.29, 1.82) is 0 Å². The quantitative estimate of drug-likeness (QED) is 0.560. The first kappa shape index (κ1) is 19.2. The molecule has 6 heteroatoms. The van der Waals surface area contributed by atoms with E-state index in [4.69, 9.17) is 0 Å². The van der Waals surface area contributed by atoms with E-state index in [2.05, 4.69) is 16.4 Å². The van der Waals surface area contributed by atoms with E-state index >= 15 is 0 Å². The number of carbonyl (C=O) groups is 1. The Balaban J connectivity index is 1.49. The van der Waals surface area contributed by atoms with Crippen molar-refractivity contribution >= 4 is 6.03 Å². The molecule has 1 amide bonds. The van der Waals surface area contributed by atoms with Gasteiger partial charge in [0.05, 0.1) is 6.20 Å². The fourth-order valence-electron chi connectivity index (χ4n) is 4.15. The van der Waals surface area contributed by atoms with Gasteiger partial charge in [-0.3, -0.25) is 0 Å². The maximum atomic E-state index is 13.1. The van der Waals surface area contributed by atoms with Crippen molar-refractivity contribution in [3.8, 4) is 0 Å². The third-order valence-corrected chi connectivity index (χ3v) is 5.84. The molecule has 0 radical (unpaired) electrons. The minimum Gasteiger partial charge on any atom is -0.374 e. The summed E-state index contributed by atoms with van der Waals surface area (Å²) in [6.07, 6.45) is 2.34. The van der Waals surface area contributed by atoms with Crippen molar-refractivity contribution in [2.45, 2.75) is 18.6 Å². The van der Waals surface area contributed by atoms with Crippen molar-refractivity contribution < 1.29 is 9.90 Å². The van der Waals surface area contributed by atoms with Gasteiger partial charge in [0.15, 0.2) is 5.60 Å². The number of benzene rings is 3. The molecule has 31 heavy (non-hydrogen) atoms.